The molecule has 3 aromatic carbocycles. The average Bonchev–Trinajstić information content (AvgIpc) is 3.21. The molecular weight excluding hydrogens is 398 g/mol. The molecule has 154 valence electrons. The van der Waals surface area contributed by atoms with Gasteiger partial charge in [0.1, 0.15) is 5.52 Å². The maximum Gasteiger partial charge on any atom is 0.339 e. The number of nitrogens with zero attached hydrogens (tertiary/aromatic N) is 1. The molecule has 8 heteroatoms. The van der Waals surface area contributed by atoms with Crippen LogP contribution in [0, 0.1) is 0 Å². The van der Waals surface area contributed by atoms with Gasteiger partial charge in [0.15, 0.2) is 5.76 Å². The number of hydrogen-bond donors (Lipinski definition) is 2. The van der Waals surface area contributed by atoms with Crippen molar-refractivity contribution in [1.82, 2.24) is 10.5 Å². The highest BCUT2D eigenvalue weighted by molar-refractivity contribution is 6.01. The zero-order chi connectivity index (χ0) is 21.8. The Balaban J connectivity index is 1.66. The van der Waals surface area contributed by atoms with Gasteiger partial charge in [0, 0.05) is 11.1 Å². The number of carbonyl (C=O) groups excluding carboxylic acids is 3. The molecule has 1 aromatic heterocycles. The number of urea groups is 1. The summed E-state index contributed by atoms with van der Waals surface area (Å²) >= 11 is 0. The predicted molar refractivity (Wildman–Crippen MR) is 112 cm³/mol. The van der Waals surface area contributed by atoms with Crippen molar-refractivity contribution < 1.29 is 23.6 Å². The Morgan fingerprint density at radius 3 is 2.29 bits per heavy atom. The van der Waals surface area contributed by atoms with Gasteiger partial charge in [-0.2, -0.15) is 0 Å². The van der Waals surface area contributed by atoms with Gasteiger partial charge in [0.25, 0.3) is 5.91 Å². The van der Waals surface area contributed by atoms with E-state index in [0.717, 1.165) is 5.56 Å². The van der Waals surface area contributed by atoms with Gasteiger partial charge >= 0.3 is 12.0 Å². The first-order chi connectivity index (χ1) is 15.0. The van der Waals surface area contributed by atoms with E-state index in [1.807, 2.05) is 35.6 Å². The van der Waals surface area contributed by atoms with Crippen LogP contribution in [0.1, 0.15) is 22.0 Å². The number of amides is 3. The van der Waals surface area contributed by atoms with Crippen molar-refractivity contribution in [2.75, 3.05) is 0 Å². The van der Waals surface area contributed by atoms with E-state index in [1.54, 1.807) is 42.5 Å². The van der Waals surface area contributed by atoms with Crippen molar-refractivity contribution in [1.29, 1.82) is 0 Å². The van der Waals surface area contributed by atoms with Gasteiger partial charge in [0.05, 0.1) is 10.9 Å². The van der Waals surface area contributed by atoms with Gasteiger partial charge in [-0.25, -0.2) is 9.59 Å². The Morgan fingerprint density at radius 1 is 0.935 bits per heavy atom. The third-order valence-electron chi connectivity index (χ3n) is 4.56. The van der Waals surface area contributed by atoms with Gasteiger partial charge in [-0.1, -0.05) is 65.8 Å². The number of benzene rings is 3. The van der Waals surface area contributed by atoms with Crippen LogP contribution in [-0.2, 0) is 9.53 Å². The first kappa shape index (κ1) is 19.8. The molecule has 31 heavy (non-hydrogen) atoms. The molecule has 0 aliphatic carbocycles. The highest BCUT2D eigenvalue weighted by Crippen LogP contribution is 2.30. The van der Waals surface area contributed by atoms with Crippen LogP contribution >= 0.6 is 0 Å². The molecule has 0 bridgehead atoms. The summed E-state index contributed by atoms with van der Waals surface area (Å²) in [5.74, 6) is -1.09. The summed E-state index contributed by atoms with van der Waals surface area (Å²) in [5.41, 5.74) is 7.01. The standard InChI is InChI=1S/C23H17N3O5/c24-23(29)25-21(27)20(15-9-5-2-6-10-15)30-22(28)16-11-12-18-17(13-16)19(31-26-18)14-7-3-1-4-8-14/h1-13,20H,(H3,24,25,27,29)/t20-/m0/s1. The lowest BCUT2D eigenvalue weighted by Gasteiger charge is -2.17. The molecule has 0 radical (unpaired) electrons. The minimum atomic E-state index is -1.35. The Labute approximate surface area is 176 Å². The van der Waals surface area contributed by atoms with Crippen LogP contribution in [0.3, 0.4) is 0 Å². The molecule has 1 heterocycles. The van der Waals surface area contributed by atoms with E-state index in [1.165, 1.54) is 6.07 Å². The lowest BCUT2D eigenvalue weighted by atomic mass is 10.1. The Kier molecular flexibility index (Phi) is 5.44. The van der Waals surface area contributed by atoms with Crippen molar-refractivity contribution in [3.63, 3.8) is 0 Å². The van der Waals surface area contributed by atoms with Gasteiger partial charge in [-0.3, -0.25) is 10.1 Å². The van der Waals surface area contributed by atoms with E-state index < -0.39 is 24.0 Å². The van der Waals surface area contributed by atoms with Gasteiger partial charge in [-0.15, -0.1) is 0 Å². The fourth-order valence-electron chi connectivity index (χ4n) is 3.13. The number of nitrogens with one attached hydrogen (secondary N) is 1. The zero-order valence-corrected chi connectivity index (χ0v) is 16.1. The molecule has 0 aliphatic rings. The highest BCUT2D eigenvalue weighted by Gasteiger charge is 2.27. The monoisotopic (exact) mass is 415 g/mol. The largest absolute Gasteiger partial charge is 0.444 e. The molecular formula is C23H17N3O5. The van der Waals surface area contributed by atoms with Crippen LogP contribution < -0.4 is 11.1 Å². The third kappa shape index (κ3) is 4.27. The lowest BCUT2D eigenvalue weighted by Crippen LogP contribution is -2.39. The van der Waals surface area contributed by atoms with Crippen LogP contribution in [0.2, 0.25) is 0 Å². The van der Waals surface area contributed by atoms with E-state index in [-0.39, 0.29) is 5.56 Å². The number of imide groups is 1. The molecule has 4 aromatic rings. The summed E-state index contributed by atoms with van der Waals surface area (Å²) < 4.78 is 10.9. The number of esters is 1. The summed E-state index contributed by atoms with van der Waals surface area (Å²) in [6.07, 6.45) is -1.35. The number of aromatic nitrogens is 1. The van der Waals surface area contributed by atoms with E-state index >= 15 is 0 Å². The molecule has 0 fully saturated rings. The SMILES string of the molecule is NC(=O)NC(=O)[C@@H](OC(=O)c1ccc2noc(-c3ccccc3)c2c1)c1ccccc1. The van der Waals surface area contributed by atoms with Crippen LogP contribution in [0.4, 0.5) is 4.79 Å². The van der Waals surface area contributed by atoms with Crippen molar-refractivity contribution in [3.05, 3.63) is 90.0 Å². The fourth-order valence-corrected chi connectivity index (χ4v) is 3.13. The molecule has 0 aliphatic heterocycles. The number of rotatable bonds is 5. The number of fused-ring (bicyclic) bond motifs is 1. The molecule has 0 spiro atoms. The number of ether oxygens (including phenoxy) is 1. The molecule has 1 atom stereocenters. The van der Waals surface area contributed by atoms with Crippen LogP contribution in [0.25, 0.3) is 22.2 Å². The zero-order valence-electron chi connectivity index (χ0n) is 16.1. The first-order valence-corrected chi connectivity index (χ1v) is 9.34. The Bertz CT molecular complexity index is 1250. The first-order valence-electron chi connectivity index (χ1n) is 9.34. The van der Waals surface area contributed by atoms with E-state index in [4.69, 9.17) is 15.0 Å². The summed E-state index contributed by atoms with van der Waals surface area (Å²) in [6, 6.07) is 21.4. The average molecular weight is 415 g/mol. The maximum atomic E-state index is 12.9. The molecule has 0 saturated heterocycles. The normalized spacial score (nSPS) is 11.6. The maximum absolute atomic E-state index is 12.9. The Morgan fingerprint density at radius 2 is 1.61 bits per heavy atom. The fraction of sp³-hybridized carbons (Fsp3) is 0.0435. The van der Waals surface area contributed by atoms with Crippen molar-refractivity contribution in [2.45, 2.75) is 6.10 Å². The smallest absolute Gasteiger partial charge is 0.339 e. The van der Waals surface area contributed by atoms with Crippen molar-refractivity contribution in [3.8, 4) is 11.3 Å². The second kappa shape index (κ2) is 8.50. The lowest BCUT2D eigenvalue weighted by molar-refractivity contribution is -0.129. The summed E-state index contributed by atoms with van der Waals surface area (Å²) in [5, 5.41) is 6.60. The number of carbonyl (C=O) groups is 3. The van der Waals surface area contributed by atoms with Crippen molar-refractivity contribution in [2.24, 2.45) is 5.73 Å². The third-order valence-corrected chi connectivity index (χ3v) is 4.56. The molecule has 0 saturated carbocycles. The summed E-state index contributed by atoms with van der Waals surface area (Å²) in [6.45, 7) is 0. The number of hydrogen-bond acceptors (Lipinski definition) is 6. The van der Waals surface area contributed by atoms with Gasteiger partial charge in [0.2, 0.25) is 6.10 Å². The summed E-state index contributed by atoms with van der Waals surface area (Å²) in [7, 11) is 0. The minimum Gasteiger partial charge on any atom is -0.444 e. The molecule has 4 rings (SSSR count). The quantitative estimate of drug-likeness (QED) is 0.480. The number of primary amides is 1. The van der Waals surface area contributed by atoms with E-state index in [0.29, 0.717) is 22.2 Å². The summed E-state index contributed by atoms with van der Waals surface area (Å²) in [4.78, 5) is 36.4. The van der Waals surface area contributed by atoms with Crippen molar-refractivity contribution >= 4 is 28.8 Å². The van der Waals surface area contributed by atoms with Gasteiger partial charge in [-0.05, 0) is 18.2 Å². The van der Waals surface area contributed by atoms with Crippen LogP contribution in [0.15, 0.2) is 83.4 Å². The van der Waals surface area contributed by atoms with Gasteiger partial charge < -0.3 is 15.0 Å². The number of nitrogens with two attached hydrogens (primary N) is 1. The molecule has 3 amide bonds. The van der Waals surface area contributed by atoms with E-state index in [9.17, 15) is 14.4 Å². The molecule has 8 nitrogen and oxygen atoms in total. The molecule has 0 unspecified atom stereocenters. The molecule has 3 N–H and O–H groups in total. The van der Waals surface area contributed by atoms with Crippen LogP contribution in [0.5, 0.6) is 0 Å². The second-order valence-corrected chi connectivity index (χ2v) is 6.66. The highest BCUT2D eigenvalue weighted by atomic mass is 16.5. The van der Waals surface area contributed by atoms with Crippen LogP contribution in [-0.4, -0.2) is 23.1 Å². The predicted octanol–water partition coefficient (Wildman–Crippen LogP) is 3.59. The minimum absolute atomic E-state index is 0.195. The topological polar surface area (TPSA) is 125 Å². The second-order valence-electron chi connectivity index (χ2n) is 6.66. The van der Waals surface area contributed by atoms with E-state index in [2.05, 4.69) is 5.16 Å². The Hall–Kier alpha value is -4.46.